The Morgan fingerprint density at radius 2 is 0.848 bits per heavy atom. The van der Waals surface area contributed by atoms with E-state index in [-0.39, 0.29) is 5.97 Å². The molecular weight excluding hydrogens is 404 g/mol. The van der Waals surface area contributed by atoms with Gasteiger partial charge in [0, 0.05) is 6.42 Å². The number of carbonyl (C=O) groups excluding carboxylic acids is 1. The fourth-order valence-corrected chi connectivity index (χ4v) is 4.36. The van der Waals surface area contributed by atoms with Crippen LogP contribution < -0.4 is 0 Å². The maximum absolute atomic E-state index is 11.8. The van der Waals surface area contributed by atoms with Gasteiger partial charge in [0.15, 0.2) is 0 Å². The lowest BCUT2D eigenvalue weighted by Crippen LogP contribution is -2.05. The zero-order valence-electron chi connectivity index (χ0n) is 22.9. The van der Waals surface area contributed by atoms with Crippen LogP contribution in [0.25, 0.3) is 0 Å². The summed E-state index contributed by atoms with van der Waals surface area (Å²) in [7, 11) is 0. The van der Waals surface area contributed by atoms with E-state index in [1.165, 1.54) is 141 Å². The standard InChI is InChI=1S/C31H60O2/c1-3-5-7-9-11-13-15-16-17-18-19-21-23-25-27-29-31(32)33-30-28-26-24-22-20-14-12-10-8-6-4-2/h13,15H,3-12,14,16-30H2,1-2H3/b15-13+. The zero-order chi connectivity index (χ0) is 24.1. The van der Waals surface area contributed by atoms with Crippen LogP contribution in [0.15, 0.2) is 12.2 Å². The SMILES string of the molecule is CCCCCC/C=C/CCCCCCCCCC(=O)OCCCCCCCCCCCCC. The molecule has 0 atom stereocenters. The van der Waals surface area contributed by atoms with Crippen molar-refractivity contribution in [1.82, 2.24) is 0 Å². The van der Waals surface area contributed by atoms with Crippen LogP contribution in [0.2, 0.25) is 0 Å². The second-order valence-electron chi connectivity index (χ2n) is 10.1. The Balaban J connectivity index is 3.18. The molecule has 0 bridgehead atoms. The molecule has 0 aliphatic carbocycles. The summed E-state index contributed by atoms with van der Waals surface area (Å²) < 4.78 is 5.40. The molecule has 0 unspecified atom stereocenters. The minimum atomic E-state index is 0.0172. The van der Waals surface area contributed by atoms with Crippen molar-refractivity contribution in [1.29, 1.82) is 0 Å². The lowest BCUT2D eigenvalue weighted by atomic mass is 10.1. The molecule has 0 aliphatic heterocycles. The van der Waals surface area contributed by atoms with Gasteiger partial charge in [-0.15, -0.1) is 0 Å². The Morgan fingerprint density at radius 1 is 0.485 bits per heavy atom. The summed E-state index contributed by atoms with van der Waals surface area (Å²) in [5.41, 5.74) is 0. The average molecular weight is 465 g/mol. The molecule has 0 radical (unpaired) electrons. The highest BCUT2D eigenvalue weighted by molar-refractivity contribution is 5.69. The number of rotatable bonds is 27. The van der Waals surface area contributed by atoms with E-state index in [4.69, 9.17) is 4.74 Å². The molecule has 0 N–H and O–H groups in total. The van der Waals surface area contributed by atoms with E-state index >= 15 is 0 Å². The fourth-order valence-electron chi connectivity index (χ4n) is 4.36. The molecule has 0 amide bonds. The molecule has 196 valence electrons. The summed E-state index contributed by atoms with van der Waals surface area (Å²) in [4.78, 5) is 11.8. The van der Waals surface area contributed by atoms with Crippen LogP contribution in [-0.2, 0) is 9.53 Å². The van der Waals surface area contributed by atoms with Crippen LogP contribution >= 0.6 is 0 Å². The Morgan fingerprint density at radius 3 is 1.33 bits per heavy atom. The summed E-state index contributed by atoms with van der Waals surface area (Å²) >= 11 is 0. The van der Waals surface area contributed by atoms with E-state index < -0.39 is 0 Å². The van der Waals surface area contributed by atoms with Crippen molar-refractivity contribution in [2.24, 2.45) is 0 Å². The third kappa shape index (κ3) is 29.2. The molecule has 0 spiro atoms. The Hall–Kier alpha value is -0.790. The first-order valence-corrected chi connectivity index (χ1v) is 15.1. The van der Waals surface area contributed by atoms with Crippen molar-refractivity contribution in [2.75, 3.05) is 6.61 Å². The second kappa shape index (κ2) is 29.2. The van der Waals surface area contributed by atoms with Gasteiger partial charge in [-0.3, -0.25) is 4.79 Å². The fraction of sp³-hybridized carbons (Fsp3) is 0.903. The summed E-state index contributed by atoms with van der Waals surface area (Å²) in [5.74, 6) is 0.0172. The molecule has 2 heteroatoms. The quantitative estimate of drug-likeness (QED) is 0.0686. The van der Waals surface area contributed by atoms with Crippen LogP contribution in [0.5, 0.6) is 0 Å². The molecule has 0 saturated heterocycles. The van der Waals surface area contributed by atoms with Gasteiger partial charge in [0.1, 0.15) is 0 Å². The van der Waals surface area contributed by atoms with Crippen LogP contribution in [0, 0.1) is 0 Å². The van der Waals surface area contributed by atoms with Crippen LogP contribution in [0.4, 0.5) is 0 Å². The smallest absolute Gasteiger partial charge is 0.305 e. The Labute approximate surface area is 208 Å². The molecule has 0 aromatic heterocycles. The lowest BCUT2D eigenvalue weighted by molar-refractivity contribution is -0.143. The van der Waals surface area contributed by atoms with Gasteiger partial charge in [-0.2, -0.15) is 0 Å². The molecule has 0 heterocycles. The minimum Gasteiger partial charge on any atom is -0.466 e. The van der Waals surface area contributed by atoms with Crippen molar-refractivity contribution in [3.05, 3.63) is 12.2 Å². The zero-order valence-corrected chi connectivity index (χ0v) is 22.9. The average Bonchev–Trinajstić information content (AvgIpc) is 2.82. The van der Waals surface area contributed by atoms with Gasteiger partial charge in [0.2, 0.25) is 0 Å². The second-order valence-corrected chi connectivity index (χ2v) is 10.1. The van der Waals surface area contributed by atoms with Crippen molar-refractivity contribution < 1.29 is 9.53 Å². The van der Waals surface area contributed by atoms with Crippen molar-refractivity contribution in [3.63, 3.8) is 0 Å². The summed E-state index contributed by atoms with van der Waals surface area (Å²) in [6.07, 6.45) is 36.7. The highest BCUT2D eigenvalue weighted by atomic mass is 16.5. The van der Waals surface area contributed by atoms with Gasteiger partial charge >= 0.3 is 5.97 Å². The summed E-state index contributed by atoms with van der Waals surface area (Å²) in [6.45, 7) is 5.17. The largest absolute Gasteiger partial charge is 0.466 e. The predicted molar refractivity (Wildman–Crippen MR) is 147 cm³/mol. The van der Waals surface area contributed by atoms with E-state index in [1.807, 2.05) is 0 Å². The van der Waals surface area contributed by atoms with Gasteiger partial charge in [-0.1, -0.05) is 142 Å². The molecular formula is C31H60O2. The molecule has 0 fully saturated rings. The molecule has 0 aromatic carbocycles. The first-order valence-electron chi connectivity index (χ1n) is 15.1. The van der Waals surface area contributed by atoms with Crippen molar-refractivity contribution in [2.45, 2.75) is 174 Å². The maximum Gasteiger partial charge on any atom is 0.305 e. The highest BCUT2D eigenvalue weighted by Crippen LogP contribution is 2.13. The van der Waals surface area contributed by atoms with Gasteiger partial charge < -0.3 is 4.74 Å². The lowest BCUT2D eigenvalue weighted by Gasteiger charge is -2.05. The number of carbonyl (C=O) groups is 1. The van der Waals surface area contributed by atoms with Crippen LogP contribution in [-0.4, -0.2) is 12.6 Å². The third-order valence-electron chi connectivity index (χ3n) is 6.65. The van der Waals surface area contributed by atoms with E-state index in [2.05, 4.69) is 26.0 Å². The summed E-state index contributed by atoms with van der Waals surface area (Å²) in [6, 6.07) is 0. The van der Waals surface area contributed by atoms with E-state index in [9.17, 15) is 4.79 Å². The molecule has 0 aliphatic rings. The van der Waals surface area contributed by atoms with Gasteiger partial charge in [0.05, 0.1) is 6.61 Å². The highest BCUT2D eigenvalue weighted by Gasteiger charge is 2.02. The number of allylic oxidation sites excluding steroid dienone is 2. The van der Waals surface area contributed by atoms with Gasteiger partial charge in [-0.05, 0) is 38.5 Å². The van der Waals surface area contributed by atoms with Crippen LogP contribution in [0.3, 0.4) is 0 Å². The van der Waals surface area contributed by atoms with E-state index in [0.29, 0.717) is 13.0 Å². The van der Waals surface area contributed by atoms with Crippen molar-refractivity contribution >= 4 is 5.97 Å². The van der Waals surface area contributed by atoms with Crippen LogP contribution in [0.1, 0.15) is 174 Å². The molecule has 2 nitrogen and oxygen atoms in total. The third-order valence-corrected chi connectivity index (χ3v) is 6.65. The minimum absolute atomic E-state index is 0.0172. The number of unbranched alkanes of at least 4 members (excludes halogenated alkanes) is 21. The summed E-state index contributed by atoms with van der Waals surface area (Å²) in [5, 5.41) is 0. The number of ether oxygens (including phenoxy) is 1. The maximum atomic E-state index is 11.8. The monoisotopic (exact) mass is 464 g/mol. The Bertz CT molecular complexity index is 402. The topological polar surface area (TPSA) is 26.3 Å². The van der Waals surface area contributed by atoms with E-state index in [0.717, 1.165) is 12.8 Å². The van der Waals surface area contributed by atoms with Gasteiger partial charge in [0.25, 0.3) is 0 Å². The predicted octanol–water partition coefficient (Wildman–Crippen LogP) is 10.9. The first kappa shape index (κ1) is 32.2. The van der Waals surface area contributed by atoms with Gasteiger partial charge in [-0.25, -0.2) is 0 Å². The van der Waals surface area contributed by atoms with Crippen molar-refractivity contribution in [3.8, 4) is 0 Å². The molecule has 33 heavy (non-hydrogen) atoms. The molecule has 0 rings (SSSR count). The number of esters is 1. The number of hydrogen-bond donors (Lipinski definition) is 0. The number of hydrogen-bond acceptors (Lipinski definition) is 2. The molecule has 0 aromatic rings. The molecule has 0 saturated carbocycles. The normalized spacial score (nSPS) is 11.5. The first-order chi connectivity index (χ1) is 16.3. The Kier molecular flexibility index (Phi) is 28.5. The van der Waals surface area contributed by atoms with E-state index in [1.54, 1.807) is 0 Å².